The van der Waals surface area contributed by atoms with Crippen molar-refractivity contribution >= 4 is 11.8 Å². The number of aryl methyl sites for hydroxylation is 1. The van der Waals surface area contributed by atoms with Gasteiger partial charge in [-0.05, 0) is 53.3 Å². The Hall–Kier alpha value is -3.62. The van der Waals surface area contributed by atoms with Crippen LogP contribution in [0, 0.1) is 11.6 Å². The van der Waals surface area contributed by atoms with E-state index in [2.05, 4.69) is 28.9 Å². The van der Waals surface area contributed by atoms with Crippen LogP contribution in [0.25, 0.3) is 0 Å². The fourth-order valence-corrected chi connectivity index (χ4v) is 4.45. The number of aliphatic hydroxyl groups excluding tert-OH is 1. The minimum Gasteiger partial charge on any atom is -0.390 e. The molecule has 4 N–H and O–H groups in total. The van der Waals surface area contributed by atoms with Gasteiger partial charge in [0.25, 0.3) is 5.91 Å². The summed E-state index contributed by atoms with van der Waals surface area (Å²) in [6.07, 6.45) is -0.158. The summed E-state index contributed by atoms with van der Waals surface area (Å²) in [5.41, 5.74) is 3.51. The summed E-state index contributed by atoms with van der Waals surface area (Å²) in [7, 11) is 0. The van der Waals surface area contributed by atoms with Crippen LogP contribution in [0.15, 0.2) is 66.7 Å². The summed E-state index contributed by atoms with van der Waals surface area (Å²) in [5.74, 6) is -2.35. The van der Waals surface area contributed by atoms with Gasteiger partial charge in [-0.1, -0.05) is 49.4 Å². The molecule has 0 aliphatic carbocycles. The zero-order valence-electron chi connectivity index (χ0n) is 19.9. The molecule has 0 radical (unpaired) electrons. The van der Waals surface area contributed by atoms with Crippen molar-refractivity contribution in [3.8, 4) is 0 Å². The van der Waals surface area contributed by atoms with E-state index in [0.717, 1.165) is 18.1 Å². The monoisotopic (exact) mass is 493 g/mol. The molecule has 6 nitrogen and oxygen atoms in total. The highest BCUT2D eigenvalue weighted by Gasteiger charge is 2.35. The second kappa shape index (κ2) is 11.4. The molecule has 188 valence electrons. The van der Waals surface area contributed by atoms with E-state index >= 15 is 0 Å². The lowest BCUT2D eigenvalue weighted by Gasteiger charge is -2.26. The fourth-order valence-electron chi connectivity index (χ4n) is 4.45. The van der Waals surface area contributed by atoms with E-state index in [9.17, 15) is 23.5 Å². The molecule has 1 heterocycles. The number of benzene rings is 3. The molecule has 2 amide bonds. The average Bonchev–Trinajstić information content (AvgIpc) is 3.20. The summed E-state index contributed by atoms with van der Waals surface area (Å²) >= 11 is 0. The third-order valence-corrected chi connectivity index (χ3v) is 6.31. The number of carbonyl (C=O) groups is 2. The summed E-state index contributed by atoms with van der Waals surface area (Å²) in [5, 5.41) is 19.6. The predicted molar refractivity (Wildman–Crippen MR) is 132 cm³/mol. The van der Waals surface area contributed by atoms with E-state index in [1.54, 1.807) is 24.3 Å². The fraction of sp³-hybridized carbons (Fsp3) is 0.286. The van der Waals surface area contributed by atoms with Crippen LogP contribution in [-0.4, -0.2) is 35.6 Å². The number of amides is 2. The molecule has 0 saturated heterocycles. The highest BCUT2D eigenvalue weighted by atomic mass is 19.1. The molecule has 3 aromatic carbocycles. The second-order valence-corrected chi connectivity index (χ2v) is 8.96. The van der Waals surface area contributed by atoms with E-state index in [1.165, 1.54) is 17.7 Å². The molecule has 1 unspecified atom stereocenters. The molecule has 0 bridgehead atoms. The van der Waals surface area contributed by atoms with Gasteiger partial charge in [-0.25, -0.2) is 8.78 Å². The molecule has 8 heteroatoms. The molecule has 36 heavy (non-hydrogen) atoms. The predicted octanol–water partition coefficient (Wildman–Crippen LogP) is 3.19. The first-order valence-corrected chi connectivity index (χ1v) is 12.0. The summed E-state index contributed by atoms with van der Waals surface area (Å²) in [6, 6.07) is 16.2. The molecular formula is C28H29F2N3O3. The highest BCUT2D eigenvalue weighted by molar-refractivity contribution is 6.04. The number of fused-ring (bicyclic) bond motifs is 1. The number of hydrogen-bond donors (Lipinski definition) is 4. The van der Waals surface area contributed by atoms with E-state index < -0.39 is 35.7 Å². The van der Waals surface area contributed by atoms with Crippen molar-refractivity contribution in [2.45, 2.75) is 44.5 Å². The standard InChI is InChI=1S/C28H29F2N3O3/c1-2-17-6-5-7-18(10-17)15-31-16-25(34)24(13-19-11-20(29)14-21(30)12-19)32-28(36)26-22-8-3-4-9-23(22)27(35)33-26/h3-12,14,24-26,31,34H,2,13,15-16H2,1H3,(H,32,36)(H,33,35)/t24-,25-,26?/m0/s1. The van der Waals surface area contributed by atoms with Crippen molar-refractivity contribution in [2.24, 2.45) is 0 Å². The van der Waals surface area contributed by atoms with Gasteiger partial charge in [0.2, 0.25) is 5.91 Å². The smallest absolute Gasteiger partial charge is 0.252 e. The van der Waals surface area contributed by atoms with Gasteiger partial charge in [0.1, 0.15) is 17.7 Å². The SMILES string of the molecule is CCc1cccc(CNC[C@H](O)[C@H](Cc2cc(F)cc(F)c2)NC(=O)C2NC(=O)c3ccccc32)c1. The Bertz CT molecular complexity index is 1230. The first-order valence-electron chi connectivity index (χ1n) is 12.0. The molecular weight excluding hydrogens is 464 g/mol. The van der Waals surface area contributed by atoms with Gasteiger partial charge in [0.15, 0.2) is 0 Å². The lowest BCUT2D eigenvalue weighted by molar-refractivity contribution is -0.124. The number of hydrogen-bond acceptors (Lipinski definition) is 4. The van der Waals surface area contributed by atoms with Crippen LogP contribution in [0.4, 0.5) is 8.78 Å². The van der Waals surface area contributed by atoms with Crippen LogP contribution in [-0.2, 0) is 24.2 Å². The summed E-state index contributed by atoms with van der Waals surface area (Å²) < 4.78 is 27.6. The molecule has 4 rings (SSSR count). The van der Waals surface area contributed by atoms with Crippen molar-refractivity contribution in [2.75, 3.05) is 6.54 Å². The number of rotatable bonds is 10. The van der Waals surface area contributed by atoms with Gasteiger partial charge in [-0.2, -0.15) is 0 Å². The topological polar surface area (TPSA) is 90.5 Å². The molecule has 1 aliphatic heterocycles. The van der Waals surface area contributed by atoms with Gasteiger partial charge in [-0.3, -0.25) is 9.59 Å². The van der Waals surface area contributed by atoms with Crippen molar-refractivity contribution in [1.29, 1.82) is 0 Å². The largest absolute Gasteiger partial charge is 0.390 e. The van der Waals surface area contributed by atoms with Crippen molar-refractivity contribution < 1.29 is 23.5 Å². The Morgan fingerprint density at radius 3 is 2.47 bits per heavy atom. The molecule has 1 aliphatic rings. The Labute approximate surface area is 208 Å². The Balaban J connectivity index is 1.47. The zero-order chi connectivity index (χ0) is 25.7. The highest BCUT2D eigenvalue weighted by Crippen LogP contribution is 2.25. The van der Waals surface area contributed by atoms with Crippen molar-refractivity contribution in [3.05, 3.63) is 106 Å². The maximum atomic E-state index is 13.8. The molecule has 0 fully saturated rings. The van der Waals surface area contributed by atoms with E-state index in [0.29, 0.717) is 23.2 Å². The van der Waals surface area contributed by atoms with Crippen LogP contribution in [0.2, 0.25) is 0 Å². The van der Waals surface area contributed by atoms with Crippen LogP contribution < -0.4 is 16.0 Å². The number of carbonyl (C=O) groups excluding carboxylic acids is 2. The molecule has 3 atom stereocenters. The normalized spacial score (nSPS) is 16.2. The Morgan fingerprint density at radius 2 is 1.72 bits per heavy atom. The summed E-state index contributed by atoms with van der Waals surface area (Å²) in [4.78, 5) is 25.4. The number of nitrogens with one attached hydrogen (secondary N) is 3. The first kappa shape index (κ1) is 25.5. The zero-order valence-corrected chi connectivity index (χ0v) is 19.9. The van der Waals surface area contributed by atoms with Gasteiger partial charge in [0, 0.05) is 24.7 Å². The molecule has 0 saturated carbocycles. The number of aliphatic hydroxyl groups is 1. The molecule has 0 aromatic heterocycles. The first-order chi connectivity index (χ1) is 17.3. The van der Waals surface area contributed by atoms with E-state index in [1.807, 2.05) is 18.2 Å². The van der Waals surface area contributed by atoms with Gasteiger partial charge < -0.3 is 21.1 Å². The van der Waals surface area contributed by atoms with Crippen molar-refractivity contribution in [1.82, 2.24) is 16.0 Å². The van der Waals surface area contributed by atoms with Gasteiger partial charge >= 0.3 is 0 Å². The quantitative estimate of drug-likeness (QED) is 0.349. The minimum atomic E-state index is -1.07. The molecule has 0 spiro atoms. The Kier molecular flexibility index (Phi) is 8.07. The van der Waals surface area contributed by atoms with E-state index in [4.69, 9.17) is 0 Å². The van der Waals surface area contributed by atoms with Gasteiger partial charge in [0.05, 0.1) is 12.1 Å². The number of halogens is 2. The minimum absolute atomic E-state index is 0.00308. The maximum absolute atomic E-state index is 13.8. The van der Waals surface area contributed by atoms with Crippen LogP contribution in [0.5, 0.6) is 0 Å². The third kappa shape index (κ3) is 6.13. The van der Waals surface area contributed by atoms with Gasteiger partial charge in [-0.15, -0.1) is 0 Å². The maximum Gasteiger partial charge on any atom is 0.252 e. The van der Waals surface area contributed by atoms with Crippen LogP contribution in [0.1, 0.15) is 45.6 Å². The second-order valence-electron chi connectivity index (χ2n) is 8.96. The molecule has 3 aromatic rings. The third-order valence-electron chi connectivity index (χ3n) is 6.31. The summed E-state index contributed by atoms with van der Waals surface area (Å²) in [6.45, 7) is 2.71. The Morgan fingerprint density at radius 1 is 1.00 bits per heavy atom. The van der Waals surface area contributed by atoms with Crippen molar-refractivity contribution in [3.63, 3.8) is 0 Å². The average molecular weight is 494 g/mol. The lowest BCUT2D eigenvalue weighted by Crippen LogP contribution is -2.51. The van der Waals surface area contributed by atoms with Crippen LogP contribution >= 0.6 is 0 Å². The lowest BCUT2D eigenvalue weighted by atomic mass is 9.99. The van der Waals surface area contributed by atoms with Crippen LogP contribution in [0.3, 0.4) is 0 Å². The van der Waals surface area contributed by atoms with E-state index in [-0.39, 0.29) is 18.9 Å².